The Balaban J connectivity index is 2.29. The highest BCUT2D eigenvalue weighted by molar-refractivity contribution is 7.91. The number of alkyl halides is 1. The van der Waals surface area contributed by atoms with Gasteiger partial charge in [-0.2, -0.15) is 0 Å². The van der Waals surface area contributed by atoms with Crippen LogP contribution in [-0.2, 0) is 9.84 Å². The summed E-state index contributed by atoms with van der Waals surface area (Å²) < 4.78 is 29.1. The van der Waals surface area contributed by atoms with E-state index in [4.69, 9.17) is 16.0 Å². The second kappa shape index (κ2) is 4.37. The van der Waals surface area contributed by atoms with E-state index in [1.807, 2.05) is 0 Å². The van der Waals surface area contributed by atoms with Crippen molar-refractivity contribution in [3.05, 3.63) is 17.8 Å². The van der Waals surface area contributed by atoms with Crippen molar-refractivity contribution in [2.75, 3.05) is 5.75 Å². The molecule has 0 aromatic carbocycles. The summed E-state index contributed by atoms with van der Waals surface area (Å²) in [6.07, 6.45) is 3.76. The second-order valence-electron chi connectivity index (χ2n) is 4.07. The van der Waals surface area contributed by atoms with Crippen LogP contribution in [0.5, 0.6) is 0 Å². The molecule has 1 fully saturated rings. The lowest BCUT2D eigenvalue weighted by atomic mass is 10.1. The minimum Gasteiger partial charge on any atom is -0.443 e. The van der Waals surface area contributed by atoms with Crippen LogP contribution in [0.2, 0.25) is 0 Å². The lowest BCUT2D eigenvalue weighted by Gasteiger charge is -2.19. The van der Waals surface area contributed by atoms with E-state index in [1.165, 1.54) is 6.20 Å². The van der Waals surface area contributed by atoms with E-state index in [-0.39, 0.29) is 11.1 Å². The molecule has 0 N–H and O–H groups in total. The molecule has 0 amide bonds. The topological polar surface area (TPSA) is 60.2 Å². The molecule has 2 unspecified atom stereocenters. The van der Waals surface area contributed by atoms with Crippen molar-refractivity contribution in [3.8, 4) is 0 Å². The minimum absolute atomic E-state index is 0.240. The van der Waals surface area contributed by atoms with Gasteiger partial charge in [0.25, 0.3) is 0 Å². The molecular formula is C10H14ClNO3S. The molecule has 2 rings (SSSR count). The van der Waals surface area contributed by atoms with Crippen LogP contribution in [0.1, 0.15) is 48.5 Å². The molecule has 0 aliphatic carbocycles. The molecule has 0 spiro atoms. The Morgan fingerprint density at radius 3 is 2.88 bits per heavy atom. The number of aromatic nitrogens is 1. The third-order valence-corrected chi connectivity index (χ3v) is 5.16. The standard InChI is InChI=1S/C10H14ClNO3S/c1-7(11)10-12-6-8(15-10)9-4-2-3-5-16(9,13)14/h6-7,9H,2-5H2,1H3. The van der Waals surface area contributed by atoms with Crippen LogP contribution in [0, 0.1) is 0 Å². The first-order valence-electron chi connectivity index (χ1n) is 5.32. The molecule has 1 aliphatic rings. The van der Waals surface area contributed by atoms with Crippen LogP contribution in [0.15, 0.2) is 10.6 Å². The number of hydrogen-bond donors (Lipinski definition) is 0. The summed E-state index contributed by atoms with van der Waals surface area (Å²) in [5, 5.41) is -0.863. The molecule has 1 aromatic heterocycles. The Morgan fingerprint density at radius 1 is 1.56 bits per heavy atom. The number of sulfone groups is 1. The van der Waals surface area contributed by atoms with Crippen LogP contribution in [0.3, 0.4) is 0 Å². The molecule has 0 radical (unpaired) electrons. The lowest BCUT2D eigenvalue weighted by Crippen LogP contribution is -2.21. The third-order valence-electron chi connectivity index (χ3n) is 2.78. The van der Waals surface area contributed by atoms with E-state index in [9.17, 15) is 8.42 Å². The predicted molar refractivity (Wildman–Crippen MR) is 61.1 cm³/mol. The van der Waals surface area contributed by atoms with Crippen molar-refractivity contribution in [1.29, 1.82) is 0 Å². The van der Waals surface area contributed by atoms with Crippen molar-refractivity contribution >= 4 is 21.4 Å². The maximum atomic E-state index is 11.8. The molecule has 16 heavy (non-hydrogen) atoms. The summed E-state index contributed by atoms with van der Waals surface area (Å²) in [6, 6.07) is 0. The average Bonchev–Trinajstić information content (AvgIpc) is 2.65. The Kier molecular flexibility index (Phi) is 3.26. The van der Waals surface area contributed by atoms with E-state index >= 15 is 0 Å². The Morgan fingerprint density at radius 2 is 2.31 bits per heavy atom. The fourth-order valence-electron chi connectivity index (χ4n) is 1.91. The van der Waals surface area contributed by atoms with Crippen LogP contribution in [0.25, 0.3) is 0 Å². The maximum absolute atomic E-state index is 11.8. The molecule has 2 atom stereocenters. The van der Waals surface area contributed by atoms with Gasteiger partial charge in [0, 0.05) is 0 Å². The molecule has 4 nitrogen and oxygen atoms in total. The highest BCUT2D eigenvalue weighted by Gasteiger charge is 2.33. The average molecular weight is 264 g/mol. The normalized spacial score (nSPS) is 26.5. The number of rotatable bonds is 2. The lowest BCUT2D eigenvalue weighted by molar-refractivity contribution is 0.430. The van der Waals surface area contributed by atoms with Gasteiger partial charge in [0.15, 0.2) is 9.84 Å². The Bertz CT molecular complexity index is 466. The van der Waals surface area contributed by atoms with Crippen LogP contribution < -0.4 is 0 Å². The van der Waals surface area contributed by atoms with Gasteiger partial charge in [0.05, 0.1) is 11.9 Å². The van der Waals surface area contributed by atoms with Gasteiger partial charge in [-0.05, 0) is 19.8 Å². The van der Waals surface area contributed by atoms with E-state index in [0.717, 1.165) is 12.8 Å². The van der Waals surface area contributed by atoms with Gasteiger partial charge >= 0.3 is 0 Å². The van der Waals surface area contributed by atoms with E-state index in [1.54, 1.807) is 6.92 Å². The van der Waals surface area contributed by atoms with Crippen LogP contribution in [-0.4, -0.2) is 19.2 Å². The van der Waals surface area contributed by atoms with Gasteiger partial charge in [0.2, 0.25) is 5.89 Å². The molecule has 1 saturated heterocycles. The maximum Gasteiger partial charge on any atom is 0.212 e. The van der Waals surface area contributed by atoms with Crippen molar-refractivity contribution in [3.63, 3.8) is 0 Å². The summed E-state index contributed by atoms with van der Waals surface area (Å²) in [6.45, 7) is 1.74. The number of halogens is 1. The predicted octanol–water partition coefficient (Wildman–Crippen LogP) is 2.61. The monoisotopic (exact) mass is 263 g/mol. The molecule has 1 aliphatic heterocycles. The van der Waals surface area contributed by atoms with E-state index < -0.39 is 15.1 Å². The smallest absolute Gasteiger partial charge is 0.212 e. The molecule has 1 aromatic rings. The molecule has 2 heterocycles. The van der Waals surface area contributed by atoms with Gasteiger partial charge < -0.3 is 4.42 Å². The summed E-state index contributed by atoms with van der Waals surface area (Å²) >= 11 is 5.82. The van der Waals surface area contributed by atoms with Crippen LogP contribution >= 0.6 is 11.6 Å². The third kappa shape index (κ3) is 2.25. The SMILES string of the molecule is CC(Cl)c1ncc(C2CCCCS2(=O)=O)o1. The molecular weight excluding hydrogens is 250 g/mol. The minimum atomic E-state index is -3.07. The second-order valence-corrected chi connectivity index (χ2v) is 7.03. The summed E-state index contributed by atoms with van der Waals surface area (Å²) in [4.78, 5) is 3.99. The first kappa shape index (κ1) is 11.9. The first-order valence-corrected chi connectivity index (χ1v) is 7.47. The number of oxazole rings is 1. The van der Waals surface area contributed by atoms with Crippen molar-refractivity contribution < 1.29 is 12.8 Å². The zero-order valence-corrected chi connectivity index (χ0v) is 10.6. The molecule has 0 bridgehead atoms. The molecule has 90 valence electrons. The van der Waals surface area contributed by atoms with Gasteiger partial charge in [-0.3, -0.25) is 0 Å². The van der Waals surface area contributed by atoms with Crippen molar-refractivity contribution in [1.82, 2.24) is 4.98 Å². The van der Waals surface area contributed by atoms with Crippen molar-refractivity contribution in [2.45, 2.75) is 36.8 Å². The fourth-order valence-corrected chi connectivity index (χ4v) is 3.89. The summed E-state index contributed by atoms with van der Waals surface area (Å²) in [5.41, 5.74) is 0. The van der Waals surface area contributed by atoms with Gasteiger partial charge in [-0.25, -0.2) is 13.4 Å². The van der Waals surface area contributed by atoms with E-state index in [2.05, 4.69) is 4.98 Å². The van der Waals surface area contributed by atoms with Gasteiger partial charge in [-0.15, -0.1) is 11.6 Å². The summed E-state index contributed by atoms with van der Waals surface area (Å²) in [7, 11) is -3.07. The van der Waals surface area contributed by atoms with Crippen LogP contribution in [0.4, 0.5) is 0 Å². The van der Waals surface area contributed by atoms with Gasteiger partial charge in [0.1, 0.15) is 16.4 Å². The summed E-state index contributed by atoms with van der Waals surface area (Å²) in [5.74, 6) is 1.06. The Labute approximate surface area is 99.9 Å². The number of hydrogen-bond acceptors (Lipinski definition) is 4. The number of nitrogens with zero attached hydrogens (tertiary/aromatic N) is 1. The highest BCUT2D eigenvalue weighted by atomic mass is 35.5. The molecule has 0 saturated carbocycles. The van der Waals surface area contributed by atoms with E-state index in [0.29, 0.717) is 18.1 Å². The largest absolute Gasteiger partial charge is 0.443 e. The van der Waals surface area contributed by atoms with Crippen molar-refractivity contribution in [2.24, 2.45) is 0 Å². The highest BCUT2D eigenvalue weighted by Crippen LogP contribution is 2.34. The zero-order chi connectivity index (χ0) is 11.8. The zero-order valence-electron chi connectivity index (χ0n) is 9.02. The fraction of sp³-hybridized carbons (Fsp3) is 0.700. The van der Waals surface area contributed by atoms with Gasteiger partial charge in [-0.1, -0.05) is 6.42 Å². The Hall–Kier alpha value is -0.550. The quantitative estimate of drug-likeness (QED) is 0.770. The first-order chi connectivity index (χ1) is 7.50. The molecule has 6 heteroatoms.